The van der Waals surface area contributed by atoms with E-state index >= 15 is 0 Å². The second kappa shape index (κ2) is 7.38. The first kappa shape index (κ1) is 16.5. The van der Waals surface area contributed by atoms with Gasteiger partial charge in [-0.05, 0) is 53.5 Å². The third-order valence-electron chi connectivity index (χ3n) is 3.12. The van der Waals surface area contributed by atoms with Crippen molar-refractivity contribution in [2.75, 3.05) is 14.2 Å². The Balaban J connectivity index is 2.37. The Morgan fingerprint density at radius 3 is 2.71 bits per heavy atom. The fourth-order valence-corrected chi connectivity index (χ4v) is 3.79. The minimum Gasteiger partial charge on any atom is -0.496 e. The van der Waals surface area contributed by atoms with E-state index in [1.54, 1.807) is 18.4 Å². The molecule has 0 aliphatic carbocycles. The first-order valence-corrected chi connectivity index (χ1v) is 8.63. The Kier molecular flexibility index (Phi) is 5.79. The molecular weight excluding hydrogens is 348 g/mol. The number of benzene rings is 1. The summed E-state index contributed by atoms with van der Waals surface area (Å²) in [4.78, 5) is 6.18. The normalized spacial score (nSPS) is 11.1. The molecule has 21 heavy (non-hydrogen) atoms. The van der Waals surface area contributed by atoms with E-state index < -0.39 is 0 Å². The molecule has 0 saturated heterocycles. The highest BCUT2D eigenvalue weighted by molar-refractivity contribution is 9.10. The van der Waals surface area contributed by atoms with Gasteiger partial charge in [0.15, 0.2) is 0 Å². The summed E-state index contributed by atoms with van der Waals surface area (Å²) in [5, 5.41) is 4.30. The lowest BCUT2D eigenvalue weighted by Crippen LogP contribution is -2.07. The number of thiazole rings is 1. The van der Waals surface area contributed by atoms with Crippen LogP contribution in [0.4, 0.5) is 0 Å². The molecule has 1 heterocycles. The zero-order chi connectivity index (χ0) is 15.4. The number of methoxy groups -OCH3 is 1. The van der Waals surface area contributed by atoms with E-state index in [1.165, 1.54) is 10.6 Å². The summed E-state index contributed by atoms with van der Waals surface area (Å²) in [5.74, 6) is 1.45. The fraction of sp³-hybridized carbons (Fsp3) is 0.438. The summed E-state index contributed by atoms with van der Waals surface area (Å²) in [7, 11) is 3.65. The molecule has 0 atom stereocenters. The lowest BCUT2D eigenvalue weighted by molar-refractivity contribution is 0.412. The zero-order valence-electron chi connectivity index (χ0n) is 12.9. The fourth-order valence-electron chi connectivity index (χ4n) is 2.15. The highest BCUT2D eigenvalue weighted by Crippen LogP contribution is 2.34. The van der Waals surface area contributed by atoms with Gasteiger partial charge in [0.25, 0.3) is 0 Å². The minimum absolute atomic E-state index is 0.609. The van der Waals surface area contributed by atoms with Crippen molar-refractivity contribution in [2.24, 2.45) is 5.92 Å². The van der Waals surface area contributed by atoms with Crippen LogP contribution in [0.1, 0.15) is 24.4 Å². The summed E-state index contributed by atoms with van der Waals surface area (Å²) in [5.41, 5.74) is 2.34. The van der Waals surface area contributed by atoms with Gasteiger partial charge in [-0.1, -0.05) is 13.8 Å². The average Bonchev–Trinajstić information content (AvgIpc) is 2.81. The SMILES string of the molecule is CNCc1sc(-c2ccc(OC)c(Br)c2)nc1CC(C)C. The molecule has 2 aromatic rings. The van der Waals surface area contributed by atoms with E-state index in [9.17, 15) is 0 Å². The Hall–Kier alpha value is -0.910. The van der Waals surface area contributed by atoms with Gasteiger partial charge in [0.05, 0.1) is 17.3 Å². The maximum atomic E-state index is 5.28. The van der Waals surface area contributed by atoms with E-state index in [0.717, 1.165) is 33.8 Å². The van der Waals surface area contributed by atoms with Crippen LogP contribution in [0, 0.1) is 5.92 Å². The van der Waals surface area contributed by atoms with E-state index in [1.807, 2.05) is 13.1 Å². The van der Waals surface area contributed by atoms with Gasteiger partial charge >= 0.3 is 0 Å². The van der Waals surface area contributed by atoms with Crippen LogP contribution < -0.4 is 10.1 Å². The van der Waals surface area contributed by atoms with Crippen LogP contribution in [0.2, 0.25) is 0 Å². The Labute approximate surface area is 138 Å². The van der Waals surface area contributed by atoms with Gasteiger partial charge in [0, 0.05) is 17.0 Å². The van der Waals surface area contributed by atoms with Gasteiger partial charge in [-0.25, -0.2) is 4.98 Å². The second-order valence-electron chi connectivity index (χ2n) is 5.37. The molecule has 2 rings (SSSR count). The molecule has 1 aromatic heterocycles. The van der Waals surface area contributed by atoms with Gasteiger partial charge in [-0.2, -0.15) is 0 Å². The van der Waals surface area contributed by atoms with Crippen molar-refractivity contribution in [3.05, 3.63) is 33.2 Å². The predicted molar refractivity (Wildman–Crippen MR) is 93.1 cm³/mol. The van der Waals surface area contributed by atoms with Gasteiger partial charge < -0.3 is 10.1 Å². The molecule has 0 aliphatic rings. The number of halogens is 1. The molecule has 3 nitrogen and oxygen atoms in total. The second-order valence-corrected chi connectivity index (χ2v) is 7.30. The molecule has 0 spiro atoms. The van der Waals surface area contributed by atoms with Crippen LogP contribution in [0.3, 0.4) is 0 Å². The third kappa shape index (κ3) is 4.05. The summed E-state index contributed by atoms with van der Waals surface area (Å²) >= 11 is 5.31. The maximum Gasteiger partial charge on any atom is 0.133 e. The molecule has 0 saturated carbocycles. The third-order valence-corrected chi connectivity index (χ3v) is 4.88. The summed E-state index contributed by atoms with van der Waals surface area (Å²) < 4.78 is 6.24. The van der Waals surface area contributed by atoms with Gasteiger partial charge in [0.1, 0.15) is 10.8 Å². The molecule has 1 aromatic carbocycles. The van der Waals surface area contributed by atoms with E-state index in [-0.39, 0.29) is 0 Å². The lowest BCUT2D eigenvalue weighted by atomic mass is 10.1. The molecule has 0 bridgehead atoms. The van der Waals surface area contributed by atoms with Crippen LogP contribution in [0.25, 0.3) is 10.6 Å². The van der Waals surface area contributed by atoms with Crippen LogP contribution >= 0.6 is 27.3 Å². The van der Waals surface area contributed by atoms with Crippen molar-refractivity contribution in [3.8, 4) is 16.3 Å². The Morgan fingerprint density at radius 1 is 1.38 bits per heavy atom. The quantitative estimate of drug-likeness (QED) is 0.814. The number of hydrogen-bond acceptors (Lipinski definition) is 4. The van der Waals surface area contributed by atoms with Crippen LogP contribution in [0.5, 0.6) is 5.75 Å². The largest absolute Gasteiger partial charge is 0.496 e. The predicted octanol–water partition coefficient (Wildman–Crippen LogP) is 4.50. The Morgan fingerprint density at radius 2 is 2.14 bits per heavy atom. The van der Waals surface area contributed by atoms with E-state index in [0.29, 0.717) is 5.92 Å². The minimum atomic E-state index is 0.609. The standard InChI is InChI=1S/C16H21BrN2OS/c1-10(2)7-13-15(9-18-3)21-16(19-13)11-5-6-14(20-4)12(17)8-11/h5-6,8,10,18H,7,9H2,1-4H3. The molecule has 0 radical (unpaired) electrons. The number of aromatic nitrogens is 1. The van der Waals surface area contributed by atoms with Crippen LogP contribution in [0.15, 0.2) is 22.7 Å². The van der Waals surface area contributed by atoms with Gasteiger partial charge in [-0.3, -0.25) is 0 Å². The van der Waals surface area contributed by atoms with Crippen molar-refractivity contribution >= 4 is 27.3 Å². The monoisotopic (exact) mass is 368 g/mol. The van der Waals surface area contributed by atoms with E-state index in [2.05, 4.69) is 47.2 Å². The molecule has 0 amide bonds. The molecule has 0 unspecified atom stereocenters. The molecule has 1 N–H and O–H groups in total. The molecule has 114 valence electrons. The first-order valence-electron chi connectivity index (χ1n) is 7.02. The maximum absolute atomic E-state index is 5.28. The van der Waals surface area contributed by atoms with Gasteiger partial charge in [0.2, 0.25) is 0 Å². The van der Waals surface area contributed by atoms with E-state index in [4.69, 9.17) is 9.72 Å². The van der Waals surface area contributed by atoms with Crippen molar-refractivity contribution < 1.29 is 4.74 Å². The molecule has 0 aliphatic heterocycles. The first-order chi connectivity index (χ1) is 10.0. The summed E-state index contributed by atoms with van der Waals surface area (Å²) in [6, 6.07) is 6.10. The summed E-state index contributed by atoms with van der Waals surface area (Å²) in [6.45, 7) is 5.33. The smallest absolute Gasteiger partial charge is 0.133 e. The zero-order valence-corrected chi connectivity index (χ0v) is 15.3. The van der Waals surface area contributed by atoms with Crippen molar-refractivity contribution in [3.63, 3.8) is 0 Å². The molecule has 0 fully saturated rings. The number of rotatable bonds is 6. The highest BCUT2D eigenvalue weighted by Gasteiger charge is 2.14. The van der Waals surface area contributed by atoms with Gasteiger partial charge in [-0.15, -0.1) is 11.3 Å². The molecular formula is C16H21BrN2OS. The van der Waals surface area contributed by atoms with Crippen molar-refractivity contribution in [2.45, 2.75) is 26.8 Å². The summed E-state index contributed by atoms with van der Waals surface area (Å²) in [6.07, 6.45) is 1.02. The average molecular weight is 369 g/mol. The number of hydrogen-bond donors (Lipinski definition) is 1. The topological polar surface area (TPSA) is 34.1 Å². The van der Waals surface area contributed by atoms with Crippen molar-refractivity contribution in [1.82, 2.24) is 10.3 Å². The lowest BCUT2D eigenvalue weighted by Gasteiger charge is -2.04. The van der Waals surface area contributed by atoms with Crippen molar-refractivity contribution in [1.29, 1.82) is 0 Å². The number of nitrogens with zero attached hydrogens (tertiary/aromatic N) is 1. The Bertz CT molecular complexity index is 610. The molecule has 5 heteroatoms. The van der Waals surface area contributed by atoms with Crippen LogP contribution in [-0.4, -0.2) is 19.1 Å². The number of nitrogens with one attached hydrogen (secondary N) is 1. The van der Waals surface area contributed by atoms with Crippen LogP contribution in [-0.2, 0) is 13.0 Å². The number of ether oxygens (including phenoxy) is 1. The highest BCUT2D eigenvalue weighted by atomic mass is 79.9.